The van der Waals surface area contributed by atoms with Crippen molar-refractivity contribution in [3.8, 4) is 0 Å². The summed E-state index contributed by atoms with van der Waals surface area (Å²) in [5.74, 6) is 0. The highest BCUT2D eigenvalue weighted by Crippen LogP contribution is 2.24. The van der Waals surface area contributed by atoms with Crippen LogP contribution in [0.5, 0.6) is 0 Å². The molecule has 0 atom stereocenters. The minimum absolute atomic E-state index is 0.220. The van der Waals surface area contributed by atoms with Crippen molar-refractivity contribution in [2.24, 2.45) is 9.98 Å². The molecule has 0 spiro atoms. The number of nitrogens with zero attached hydrogens (tertiary/aromatic N) is 2. The van der Waals surface area contributed by atoms with Crippen LogP contribution in [0.25, 0.3) is 0 Å². The van der Waals surface area contributed by atoms with Gasteiger partial charge >= 0.3 is 0 Å². The zero-order chi connectivity index (χ0) is 13.0. The summed E-state index contributed by atoms with van der Waals surface area (Å²) in [6.45, 7) is 0. The Morgan fingerprint density at radius 2 is 1.26 bits per heavy atom. The van der Waals surface area contributed by atoms with E-state index in [0.29, 0.717) is 0 Å². The summed E-state index contributed by atoms with van der Waals surface area (Å²) in [5.41, 5.74) is 2.37. The second-order valence-electron chi connectivity index (χ2n) is 4.95. The van der Waals surface area contributed by atoms with Crippen LogP contribution in [0.1, 0.15) is 11.1 Å². The highest BCUT2D eigenvalue weighted by Gasteiger charge is 2.29. The zero-order valence-electron chi connectivity index (χ0n) is 10.7. The van der Waals surface area contributed by atoms with Gasteiger partial charge in [0.25, 0.3) is 0 Å². The SMILES string of the molecule is C1=NC=NC1(Cc1ccccc1)Cc1ccccc1. The minimum atomic E-state index is -0.220. The lowest BCUT2D eigenvalue weighted by Gasteiger charge is -2.23. The average molecular weight is 248 g/mol. The summed E-state index contributed by atoms with van der Waals surface area (Å²) in [5, 5.41) is 0. The van der Waals surface area contributed by atoms with Crippen LogP contribution in [0, 0.1) is 0 Å². The van der Waals surface area contributed by atoms with Gasteiger partial charge in [0.15, 0.2) is 0 Å². The van der Waals surface area contributed by atoms with Crippen LogP contribution in [0.15, 0.2) is 70.6 Å². The summed E-state index contributed by atoms with van der Waals surface area (Å²) >= 11 is 0. The smallest absolute Gasteiger partial charge is 0.110 e. The van der Waals surface area contributed by atoms with Gasteiger partial charge in [-0.25, -0.2) is 4.99 Å². The molecular formula is C17H16N2. The quantitative estimate of drug-likeness (QED) is 0.793. The molecule has 0 amide bonds. The van der Waals surface area contributed by atoms with E-state index >= 15 is 0 Å². The van der Waals surface area contributed by atoms with E-state index in [1.807, 2.05) is 18.3 Å². The average Bonchev–Trinajstić information content (AvgIpc) is 2.89. The molecule has 0 bridgehead atoms. The lowest BCUT2D eigenvalue weighted by Crippen LogP contribution is -2.32. The fourth-order valence-electron chi connectivity index (χ4n) is 2.50. The molecule has 94 valence electrons. The molecule has 19 heavy (non-hydrogen) atoms. The third-order valence-corrected chi connectivity index (χ3v) is 3.40. The van der Waals surface area contributed by atoms with Gasteiger partial charge in [0.1, 0.15) is 11.9 Å². The fourth-order valence-corrected chi connectivity index (χ4v) is 2.50. The number of hydrogen-bond donors (Lipinski definition) is 0. The van der Waals surface area contributed by atoms with Crippen molar-refractivity contribution in [2.75, 3.05) is 0 Å². The minimum Gasteiger partial charge on any atom is -0.260 e. The molecule has 2 aromatic carbocycles. The summed E-state index contributed by atoms with van der Waals surface area (Å²) in [6, 6.07) is 21.0. The van der Waals surface area contributed by atoms with Crippen LogP contribution >= 0.6 is 0 Å². The molecule has 0 N–H and O–H groups in total. The van der Waals surface area contributed by atoms with Crippen molar-refractivity contribution < 1.29 is 0 Å². The van der Waals surface area contributed by atoms with Gasteiger partial charge in [-0.3, -0.25) is 4.99 Å². The van der Waals surface area contributed by atoms with E-state index in [-0.39, 0.29) is 5.54 Å². The van der Waals surface area contributed by atoms with Crippen LogP contribution in [0.2, 0.25) is 0 Å². The standard InChI is InChI=1S/C17H16N2/c1-3-7-15(8-4-1)11-17(13-18-14-19-17)12-16-9-5-2-6-10-16/h1-10,13-14H,11-12H2. The van der Waals surface area contributed by atoms with E-state index in [0.717, 1.165) is 12.8 Å². The van der Waals surface area contributed by atoms with Crippen molar-refractivity contribution in [1.29, 1.82) is 0 Å². The van der Waals surface area contributed by atoms with Crippen molar-refractivity contribution in [1.82, 2.24) is 0 Å². The van der Waals surface area contributed by atoms with Crippen molar-refractivity contribution >= 4 is 12.6 Å². The molecule has 0 radical (unpaired) electrons. The molecule has 2 nitrogen and oxygen atoms in total. The van der Waals surface area contributed by atoms with E-state index in [1.165, 1.54) is 11.1 Å². The normalized spacial score (nSPS) is 15.8. The van der Waals surface area contributed by atoms with E-state index in [2.05, 4.69) is 58.5 Å². The number of benzene rings is 2. The fraction of sp³-hybridized carbons (Fsp3) is 0.176. The first-order valence-corrected chi connectivity index (χ1v) is 6.52. The van der Waals surface area contributed by atoms with Crippen molar-refractivity contribution in [3.63, 3.8) is 0 Å². The molecule has 1 aliphatic rings. The van der Waals surface area contributed by atoms with Gasteiger partial charge in [-0.15, -0.1) is 0 Å². The molecule has 1 heterocycles. The van der Waals surface area contributed by atoms with Gasteiger partial charge in [-0.05, 0) is 11.1 Å². The Labute approximate surface area is 113 Å². The maximum absolute atomic E-state index is 4.61. The number of rotatable bonds is 4. The maximum atomic E-state index is 4.61. The topological polar surface area (TPSA) is 24.7 Å². The van der Waals surface area contributed by atoms with E-state index in [9.17, 15) is 0 Å². The second kappa shape index (κ2) is 5.19. The Balaban J connectivity index is 1.84. The molecule has 0 aromatic heterocycles. The van der Waals surface area contributed by atoms with E-state index in [4.69, 9.17) is 0 Å². The molecule has 0 fully saturated rings. The van der Waals surface area contributed by atoms with E-state index < -0.39 is 0 Å². The van der Waals surface area contributed by atoms with Crippen molar-refractivity contribution in [2.45, 2.75) is 18.4 Å². The molecule has 3 rings (SSSR count). The number of hydrogen-bond acceptors (Lipinski definition) is 2. The summed E-state index contributed by atoms with van der Waals surface area (Å²) < 4.78 is 0. The highest BCUT2D eigenvalue weighted by molar-refractivity contribution is 5.86. The molecule has 0 aliphatic carbocycles. The lowest BCUT2D eigenvalue weighted by molar-refractivity contribution is 0.583. The molecule has 2 aromatic rings. The first kappa shape index (κ1) is 11.8. The molecule has 0 saturated heterocycles. The van der Waals surface area contributed by atoms with Gasteiger partial charge in [-0.2, -0.15) is 0 Å². The Morgan fingerprint density at radius 1 is 0.737 bits per heavy atom. The maximum Gasteiger partial charge on any atom is 0.110 e. The molecule has 1 aliphatic heterocycles. The predicted molar refractivity (Wildman–Crippen MR) is 80.0 cm³/mol. The highest BCUT2D eigenvalue weighted by atomic mass is 15.0. The van der Waals surface area contributed by atoms with Gasteiger partial charge in [0.2, 0.25) is 0 Å². The van der Waals surface area contributed by atoms with Crippen molar-refractivity contribution in [3.05, 3.63) is 71.8 Å². The molecule has 0 saturated carbocycles. The Morgan fingerprint density at radius 3 is 1.68 bits per heavy atom. The van der Waals surface area contributed by atoms with Gasteiger partial charge in [0.05, 0.1) is 0 Å². The second-order valence-corrected chi connectivity index (χ2v) is 4.95. The Hall–Kier alpha value is -2.22. The third-order valence-electron chi connectivity index (χ3n) is 3.40. The van der Waals surface area contributed by atoms with Gasteiger partial charge in [-0.1, -0.05) is 60.7 Å². The van der Waals surface area contributed by atoms with Crippen LogP contribution < -0.4 is 0 Å². The summed E-state index contributed by atoms with van der Waals surface area (Å²) in [7, 11) is 0. The van der Waals surface area contributed by atoms with Gasteiger partial charge < -0.3 is 0 Å². The first-order valence-electron chi connectivity index (χ1n) is 6.52. The lowest BCUT2D eigenvalue weighted by atomic mass is 9.86. The zero-order valence-corrected chi connectivity index (χ0v) is 10.7. The third kappa shape index (κ3) is 2.79. The molecule has 0 unspecified atom stereocenters. The van der Waals surface area contributed by atoms with E-state index in [1.54, 1.807) is 6.34 Å². The molecule has 2 heteroatoms. The first-order chi connectivity index (χ1) is 9.36. The predicted octanol–water partition coefficient (Wildman–Crippen LogP) is 3.32. The van der Waals surface area contributed by atoms with Crippen LogP contribution in [-0.4, -0.2) is 18.1 Å². The largest absolute Gasteiger partial charge is 0.260 e. The van der Waals surface area contributed by atoms with Crippen LogP contribution in [0.4, 0.5) is 0 Å². The van der Waals surface area contributed by atoms with Gasteiger partial charge in [0, 0.05) is 19.1 Å². The number of aliphatic imine (C=N–C) groups is 2. The molecular weight excluding hydrogens is 232 g/mol. The van der Waals surface area contributed by atoms with Crippen LogP contribution in [0.3, 0.4) is 0 Å². The summed E-state index contributed by atoms with van der Waals surface area (Å²) in [4.78, 5) is 8.82. The monoisotopic (exact) mass is 248 g/mol. The summed E-state index contributed by atoms with van der Waals surface area (Å²) in [6.07, 6.45) is 5.43. The van der Waals surface area contributed by atoms with Crippen LogP contribution in [-0.2, 0) is 12.8 Å². The Kier molecular flexibility index (Phi) is 3.23. The Bertz CT molecular complexity index is 530.